The molecule has 0 atom stereocenters. The molecule has 6 nitrogen and oxygen atoms in total. The first-order valence-corrected chi connectivity index (χ1v) is 7.86. The summed E-state index contributed by atoms with van der Waals surface area (Å²) in [6.07, 6.45) is 0. The lowest BCUT2D eigenvalue weighted by molar-refractivity contribution is -0.114. The van der Waals surface area contributed by atoms with Crippen LogP contribution in [0.1, 0.15) is 22.2 Å². The Balaban J connectivity index is 1.67. The summed E-state index contributed by atoms with van der Waals surface area (Å²) >= 11 is 1.26. The van der Waals surface area contributed by atoms with E-state index in [9.17, 15) is 9.59 Å². The summed E-state index contributed by atoms with van der Waals surface area (Å²) in [4.78, 5) is 25.7. The molecule has 0 unspecified atom stereocenters. The third kappa shape index (κ3) is 3.45. The number of fused-ring (bicyclic) bond motifs is 1. The van der Waals surface area contributed by atoms with Gasteiger partial charge in [0, 0.05) is 20.5 Å². The first kappa shape index (κ1) is 15.4. The van der Waals surface area contributed by atoms with E-state index >= 15 is 0 Å². The normalized spacial score (nSPS) is 12.1. The number of nitrogens with one attached hydrogen (secondary N) is 1. The molecule has 0 spiro atoms. The fraction of sp³-hybridized carbons (Fsp3) is 0.250. The van der Waals surface area contributed by atoms with Gasteiger partial charge in [-0.05, 0) is 29.8 Å². The Hall–Kier alpha value is -2.54. The van der Waals surface area contributed by atoms with Crippen molar-refractivity contribution in [1.29, 1.82) is 0 Å². The Labute approximate surface area is 137 Å². The Morgan fingerprint density at radius 1 is 1.22 bits per heavy atom. The van der Waals surface area contributed by atoms with Gasteiger partial charge in [-0.1, -0.05) is 6.07 Å². The van der Waals surface area contributed by atoms with Gasteiger partial charge in [-0.3, -0.25) is 9.59 Å². The summed E-state index contributed by atoms with van der Waals surface area (Å²) in [5.41, 5.74) is 0.962. The van der Waals surface area contributed by atoms with Crippen LogP contribution >= 0.6 is 11.3 Å². The number of amides is 2. The van der Waals surface area contributed by atoms with Gasteiger partial charge < -0.3 is 19.7 Å². The minimum absolute atomic E-state index is 0.0933. The van der Waals surface area contributed by atoms with Gasteiger partial charge in [-0.25, -0.2) is 0 Å². The largest absolute Gasteiger partial charge is 0.454 e. The SMILES string of the molecule is CC(=O)Nc1ccc(C(=O)N(C)Cc2ccc3c(c2)OCO3)s1. The molecule has 2 heterocycles. The second kappa shape index (κ2) is 6.29. The van der Waals surface area contributed by atoms with Crippen LogP contribution in [0.5, 0.6) is 11.5 Å². The first-order chi connectivity index (χ1) is 11.0. The molecule has 7 heteroatoms. The van der Waals surface area contributed by atoms with Crippen LogP contribution in [-0.4, -0.2) is 30.6 Å². The number of nitrogens with zero attached hydrogens (tertiary/aromatic N) is 1. The van der Waals surface area contributed by atoms with Gasteiger partial charge in [0.25, 0.3) is 5.91 Å². The lowest BCUT2D eigenvalue weighted by Crippen LogP contribution is -2.25. The maximum absolute atomic E-state index is 12.4. The van der Waals surface area contributed by atoms with E-state index in [1.54, 1.807) is 24.1 Å². The number of carbonyl (C=O) groups is 2. The van der Waals surface area contributed by atoms with E-state index in [1.165, 1.54) is 18.3 Å². The highest BCUT2D eigenvalue weighted by molar-refractivity contribution is 7.18. The number of anilines is 1. The molecule has 1 aliphatic rings. The van der Waals surface area contributed by atoms with Crippen molar-refractivity contribution in [2.24, 2.45) is 0 Å². The van der Waals surface area contributed by atoms with Crippen LogP contribution in [0.25, 0.3) is 0 Å². The number of hydrogen-bond acceptors (Lipinski definition) is 5. The molecule has 0 saturated heterocycles. The van der Waals surface area contributed by atoms with E-state index in [2.05, 4.69) is 5.32 Å². The zero-order chi connectivity index (χ0) is 16.4. The van der Waals surface area contributed by atoms with E-state index in [0.29, 0.717) is 22.2 Å². The summed E-state index contributed by atoms with van der Waals surface area (Å²) < 4.78 is 10.6. The fourth-order valence-corrected chi connectivity index (χ4v) is 3.21. The molecule has 0 radical (unpaired) electrons. The highest BCUT2D eigenvalue weighted by Gasteiger charge is 2.17. The molecule has 1 aromatic carbocycles. The third-order valence-electron chi connectivity index (χ3n) is 3.32. The van der Waals surface area contributed by atoms with Crippen LogP contribution in [0.4, 0.5) is 5.00 Å². The number of thiophene rings is 1. The van der Waals surface area contributed by atoms with Gasteiger partial charge in [-0.2, -0.15) is 0 Å². The lowest BCUT2D eigenvalue weighted by atomic mass is 10.2. The lowest BCUT2D eigenvalue weighted by Gasteiger charge is -2.16. The predicted molar refractivity (Wildman–Crippen MR) is 87.0 cm³/mol. The number of benzene rings is 1. The van der Waals surface area contributed by atoms with Crippen LogP contribution in [0.15, 0.2) is 30.3 Å². The Bertz CT molecular complexity index is 756. The van der Waals surface area contributed by atoms with Crippen molar-refractivity contribution >= 4 is 28.2 Å². The van der Waals surface area contributed by atoms with E-state index < -0.39 is 0 Å². The van der Waals surface area contributed by atoms with Gasteiger partial charge in [0.05, 0.1) is 9.88 Å². The van der Waals surface area contributed by atoms with Gasteiger partial charge in [-0.15, -0.1) is 11.3 Å². The second-order valence-corrected chi connectivity index (χ2v) is 6.28. The van der Waals surface area contributed by atoms with E-state index in [1.807, 2.05) is 18.2 Å². The van der Waals surface area contributed by atoms with E-state index in [0.717, 1.165) is 11.3 Å². The standard InChI is InChI=1S/C16H16N2O4S/c1-10(19)17-15-6-5-14(23-15)16(20)18(2)8-11-3-4-12-13(7-11)22-9-21-12/h3-7H,8-9H2,1-2H3,(H,17,19). The van der Waals surface area contributed by atoms with Crippen molar-refractivity contribution in [3.05, 3.63) is 40.8 Å². The topological polar surface area (TPSA) is 67.9 Å². The maximum Gasteiger partial charge on any atom is 0.264 e. The summed E-state index contributed by atoms with van der Waals surface area (Å²) in [7, 11) is 1.74. The van der Waals surface area contributed by atoms with Crippen molar-refractivity contribution in [3.63, 3.8) is 0 Å². The first-order valence-electron chi connectivity index (χ1n) is 7.04. The van der Waals surface area contributed by atoms with Crippen molar-refractivity contribution in [3.8, 4) is 11.5 Å². The zero-order valence-electron chi connectivity index (χ0n) is 12.8. The third-order valence-corrected chi connectivity index (χ3v) is 4.31. The predicted octanol–water partition coefficient (Wildman–Crippen LogP) is 2.71. The molecule has 1 aliphatic heterocycles. The molecule has 3 rings (SSSR count). The van der Waals surface area contributed by atoms with Gasteiger partial charge in [0.15, 0.2) is 11.5 Å². The summed E-state index contributed by atoms with van der Waals surface area (Å²) in [6.45, 7) is 2.13. The summed E-state index contributed by atoms with van der Waals surface area (Å²) in [5, 5.41) is 3.34. The number of hydrogen-bond donors (Lipinski definition) is 1. The van der Waals surface area contributed by atoms with Crippen molar-refractivity contribution < 1.29 is 19.1 Å². The molecule has 0 bridgehead atoms. The highest BCUT2D eigenvalue weighted by Crippen LogP contribution is 2.33. The molecule has 0 saturated carbocycles. The van der Waals surface area contributed by atoms with Crippen LogP contribution < -0.4 is 14.8 Å². The smallest absolute Gasteiger partial charge is 0.264 e. The molecule has 120 valence electrons. The molecule has 1 aromatic heterocycles. The average Bonchev–Trinajstić information content (AvgIpc) is 3.14. The molecule has 2 aromatic rings. The molecule has 0 aliphatic carbocycles. The maximum atomic E-state index is 12.4. The van der Waals surface area contributed by atoms with Crippen LogP contribution in [-0.2, 0) is 11.3 Å². The highest BCUT2D eigenvalue weighted by atomic mass is 32.1. The molecular formula is C16H16N2O4S. The number of rotatable bonds is 4. The molecular weight excluding hydrogens is 316 g/mol. The van der Waals surface area contributed by atoms with E-state index in [-0.39, 0.29) is 18.6 Å². The number of ether oxygens (including phenoxy) is 2. The summed E-state index contributed by atoms with van der Waals surface area (Å²) in [5.74, 6) is 1.18. The Kier molecular flexibility index (Phi) is 4.20. The van der Waals surface area contributed by atoms with Gasteiger partial charge >= 0.3 is 0 Å². The second-order valence-electron chi connectivity index (χ2n) is 5.19. The molecule has 0 fully saturated rings. The minimum atomic E-state index is -0.153. The molecule has 2 amide bonds. The van der Waals surface area contributed by atoms with Crippen LogP contribution in [0.2, 0.25) is 0 Å². The van der Waals surface area contributed by atoms with Crippen molar-refractivity contribution in [1.82, 2.24) is 4.90 Å². The van der Waals surface area contributed by atoms with Gasteiger partial charge in [0.2, 0.25) is 12.7 Å². The van der Waals surface area contributed by atoms with E-state index in [4.69, 9.17) is 9.47 Å². The zero-order valence-corrected chi connectivity index (χ0v) is 13.6. The van der Waals surface area contributed by atoms with Crippen molar-refractivity contribution in [2.45, 2.75) is 13.5 Å². The minimum Gasteiger partial charge on any atom is -0.454 e. The van der Waals surface area contributed by atoms with Crippen LogP contribution in [0, 0.1) is 0 Å². The quantitative estimate of drug-likeness (QED) is 0.935. The summed E-state index contributed by atoms with van der Waals surface area (Å²) in [6, 6.07) is 9.08. The van der Waals surface area contributed by atoms with Gasteiger partial charge in [0.1, 0.15) is 0 Å². The number of carbonyl (C=O) groups excluding carboxylic acids is 2. The van der Waals surface area contributed by atoms with Crippen LogP contribution in [0.3, 0.4) is 0 Å². The van der Waals surface area contributed by atoms with Crippen molar-refractivity contribution in [2.75, 3.05) is 19.2 Å². The fourth-order valence-electron chi connectivity index (χ4n) is 2.27. The molecule has 23 heavy (non-hydrogen) atoms. The Morgan fingerprint density at radius 3 is 2.78 bits per heavy atom. The molecule has 1 N–H and O–H groups in total. The Morgan fingerprint density at radius 2 is 2.00 bits per heavy atom. The average molecular weight is 332 g/mol. The monoisotopic (exact) mass is 332 g/mol.